The summed E-state index contributed by atoms with van der Waals surface area (Å²) in [5, 5.41) is 12.3. The number of carbonyl (C=O) groups excluding carboxylic acids is 1. The fraction of sp³-hybridized carbons (Fsp3) is 0.182. The zero-order valence-corrected chi connectivity index (χ0v) is 15.8. The van der Waals surface area contributed by atoms with Crippen LogP contribution >= 0.6 is 0 Å². The van der Waals surface area contributed by atoms with E-state index in [1.807, 2.05) is 18.2 Å². The smallest absolute Gasteiger partial charge is 0.322 e. The first-order chi connectivity index (χ1) is 14.1. The lowest BCUT2D eigenvalue weighted by molar-refractivity contribution is 0.206. The van der Waals surface area contributed by atoms with Crippen molar-refractivity contribution >= 4 is 17.4 Å². The normalized spacial score (nSPS) is 15.9. The van der Waals surface area contributed by atoms with Gasteiger partial charge in [-0.1, -0.05) is 0 Å². The third-order valence-electron chi connectivity index (χ3n) is 4.84. The van der Waals surface area contributed by atoms with E-state index in [1.165, 1.54) is 12.1 Å². The summed E-state index contributed by atoms with van der Waals surface area (Å²) in [4.78, 5) is 19.0. The van der Waals surface area contributed by atoms with Gasteiger partial charge in [-0.05, 0) is 67.4 Å². The molecule has 0 saturated carbocycles. The molecule has 1 aliphatic rings. The number of nitrogens with one attached hydrogen (secondary N) is 1. The number of amides is 2. The number of anilines is 2. The van der Waals surface area contributed by atoms with Gasteiger partial charge in [-0.25, -0.2) is 4.79 Å². The SMILES string of the molecule is Nc1ccc(Oc2ccnc(C3CCCN3C(=O)Nc3ccc(O)cc3)c2)cc1. The van der Waals surface area contributed by atoms with Crippen LogP contribution in [0.2, 0.25) is 0 Å². The number of benzene rings is 2. The van der Waals surface area contributed by atoms with Gasteiger partial charge in [-0.3, -0.25) is 4.98 Å². The van der Waals surface area contributed by atoms with Crippen LogP contribution < -0.4 is 15.8 Å². The Morgan fingerprint density at radius 2 is 1.86 bits per heavy atom. The van der Waals surface area contributed by atoms with E-state index in [9.17, 15) is 9.90 Å². The van der Waals surface area contributed by atoms with Crippen molar-refractivity contribution in [3.63, 3.8) is 0 Å². The molecule has 1 atom stereocenters. The van der Waals surface area contributed by atoms with Gasteiger partial charge in [0.15, 0.2) is 0 Å². The quantitative estimate of drug-likeness (QED) is 0.449. The third-order valence-corrected chi connectivity index (χ3v) is 4.84. The summed E-state index contributed by atoms with van der Waals surface area (Å²) < 4.78 is 5.90. The summed E-state index contributed by atoms with van der Waals surface area (Å²) in [6, 6.07) is 16.9. The van der Waals surface area contributed by atoms with Crippen LogP contribution in [0.4, 0.5) is 16.2 Å². The second kappa shape index (κ2) is 8.10. The molecule has 2 heterocycles. The molecule has 1 fully saturated rings. The summed E-state index contributed by atoms with van der Waals surface area (Å²) >= 11 is 0. The maximum atomic E-state index is 12.8. The first-order valence-corrected chi connectivity index (χ1v) is 9.44. The van der Waals surface area contributed by atoms with Crippen molar-refractivity contribution in [3.05, 3.63) is 72.6 Å². The molecular formula is C22H22N4O3. The number of carbonyl (C=O) groups is 1. The molecule has 148 valence electrons. The third kappa shape index (κ3) is 4.40. The lowest BCUT2D eigenvalue weighted by atomic mass is 10.1. The predicted octanol–water partition coefficient (Wildman–Crippen LogP) is 4.53. The standard InChI is InChI=1S/C22H22N4O3/c23-15-3-9-18(10-4-15)29-19-11-12-24-20(14-19)21-2-1-13-26(21)22(28)25-16-5-7-17(27)8-6-16/h3-12,14,21,27H,1-2,13,23H2,(H,25,28). The lowest BCUT2D eigenvalue weighted by Crippen LogP contribution is -2.34. The maximum absolute atomic E-state index is 12.8. The average Bonchev–Trinajstić information content (AvgIpc) is 3.22. The molecule has 4 rings (SSSR count). The van der Waals surface area contributed by atoms with Crippen molar-refractivity contribution < 1.29 is 14.6 Å². The molecule has 1 unspecified atom stereocenters. The molecule has 0 radical (unpaired) electrons. The number of aromatic nitrogens is 1. The van der Waals surface area contributed by atoms with Crippen LogP contribution in [-0.4, -0.2) is 27.6 Å². The number of nitrogens with zero attached hydrogens (tertiary/aromatic N) is 2. The Morgan fingerprint density at radius 3 is 2.62 bits per heavy atom. The average molecular weight is 390 g/mol. The number of nitrogen functional groups attached to an aromatic ring is 1. The van der Waals surface area contributed by atoms with E-state index in [1.54, 1.807) is 41.4 Å². The Balaban J connectivity index is 1.48. The molecule has 7 nitrogen and oxygen atoms in total. The van der Waals surface area contributed by atoms with Crippen molar-refractivity contribution in [1.29, 1.82) is 0 Å². The highest BCUT2D eigenvalue weighted by atomic mass is 16.5. The van der Waals surface area contributed by atoms with Gasteiger partial charge in [-0.15, -0.1) is 0 Å². The van der Waals surface area contributed by atoms with Crippen LogP contribution in [0.15, 0.2) is 66.9 Å². The van der Waals surface area contributed by atoms with Crippen LogP contribution in [0.1, 0.15) is 24.6 Å². The number of likely N-dealkylation sites (tertiary alicyclic amines) is 1. The van der Waals surface area contributed by atoms with Crippen LogP contribution in [0.5, 0.6) is 17.2 Å². The first-order valence-electron chi connectivity index (χ1n) is 9.44. The van der Waals surface area contributed by atoms with Gasteiger partial charge in [-0.2, -0.15) is 0 Å². The second-order valence-electron chi connectivity index (χ2n) is 6.92. The first kappa shape index (κ1) is 18.6. The van der Waals surface area contributed by atoms with E-state index in [0.29, 0.717) is 29.4 Å². The zero-order valence-electron chi connectivity index (χ0n) is 15.8. The molecule has 7 heteroatoms. The largest absolute Gasteiger partial charge is 0.508 e. The zero-order chi connectivity index (χ0) is 20.2. The highest BCUT2D eigenvalue weighted by Gasteiger charge is 2.31. The summed E-state index contributed by atoms with van der Waals surface area (Å²) in [7, 11) is 0. The lowest BCUT2D eigenvalue weighted by Gasteiger charge is -2.25. The van der Waals surface area contributed by atoms with Gasteiger partial charge in [0.2, 0.25) is 0 Å². The molecule has 0 aliphatic carbocycles. The van der Waals surface area contributed by atoms with E-state index in [-0.39, 0.29) is 17.8 Å². The summed E-state index contributed by atoms with van der Waals surface area (Å²) in [6.45, 7) is 0.652. The molecule has 0 spiro atoms. The molecular weight excluding hydrogens is 368 g/mol. The molecule has 3 aromatic rings. The van der Waals surface area contributed by atoms with Crippen LogP contribution in [0.25, 0.3) is 0 Å². The Kier molecular flexibility index (Phi) is 5.20. The van der Waals surface area contributed by atoms with E-state index < -0.39 is 0 Å². The monoisotopic (exact) mass is 390 g/mol. The van der Waals surface area contributed by atoms with Gasteiger partial charge >= 0.3 is 6.03 Å². The van der Waals surface area contributed by atoms with Gasteiger partial charge in [0.25, 0.3) is 0 Å². The molecule has 2 aromatic carbocycles. The Hall–Kier alpha value is -3.74. The van der Waals surface area contributed by atoms with E-state index in [0.717, 1.165) is 18.5 Å². The predicted molar refractivity (Wildman–Crippen MR) is 111 cm³/mol. The molecule has 1 saturated heterocycles. The van der Waals surface area contributed by atoms with Crippen molar-refractivity contribution in [2.45, 2.75) is 18.9 Å². The number of rotatable bonds is 4. The number of phenolic OH excluding ortho intramolecular Hbond substituents is 1. The molecule has 2 amide bonds. The molecule has 0 bridgehead atoms. The minimum Gasteiger partial charge on any atom is -0.508 e. The number of nitrogens with two attached hydrogens (primary N) is 1. The van der Waals surface area contributed by atoms with Crippen molar-refractivity contribution in [2.75, 3.05) is 17.6 Å². The fourth-order valence-corrected chi connectivity index (χ4v) is 3.40. The fourth-order valence-electron chi connectivity index (χ4n) is 3.40. The maximum Gasteiger partial charge on any atom is 0.322 e. The summed E-state index contributed by atoms with van der Waals surface area (Å²) in [5.74, 6) is 1.50. The van der Waals surface area contributed by atoms with Crippen LogP contribution in [-0.2, 0) is 0 Å². The minimum absolute atomic E-state index is 0.123. The number of phenols is 1. The van der Waals surface area contributed by atoms with Gasteiger partial charge < -0.3 is 25.8 Å². The van der Waals surface area contributed by atoms with Gasteiger partial charge in [0.1, 0.15) is 17.2 Å². The highest BCUT2D eigenvalue weighted by molar-refractivity contribution is 5.89. The molecule has 4 N–H and O–H groups in total. The van der Waals surface area contributed by atoms with E-state index in [4.69, 9.17) is 10.5 Å². The van der Waals surface area contributed by atoms with Crippen LogP contribution in [0, 0.1) is 0 Å². The van der Waals surface area contributed by atoms with Crippen molar-refractivity contribution in [1.82, 2.24) is 9.88 Å². The van der Waals surface area contributed by atoms with Crippen LogP contribution in [0.3, 0.4) is 0 Å². The minimum atomic E-state index is -0.190. The van der Waals surface area contributed by atoms with E-state index in [2.05, 4.69) is 10.3 Å². The Labute approximate surface area is 168 Å². The summed E-state index contributed by atoms with van der Waals surface area (Å²) in [6.07, 6.45) is 3.43. The highest BCUT2D eigenvalue weighted by Crippen LogP contribution is 2.33. The Bertz CT molecular complexity index is 990. The number of ether oxygens (including phenoxy) is 1. The number of hydrogen-bond acceptors (Lipinski definition) is 5. The van der Waals surface area contributed by atoms with Crippen molar-refractivity contribution in [3.8, 4) is 17.2 Å². The Morgan fingerprint density at radius 1 is 1.10 bits per heavy atom. The van der Waals surface area contributed by atoms with Gasteiger partial charge in [0, 0.05) is 30.2 Å². The van der Waals surface area contributed by atoms with Gasteiger partial charge in [0.05, 0.1) is 11.7 Å². The molecule has 1 aliphatic heterocycles. The summed E-state index contributed by atoms with van der Waals surface area (Å²) in [5.41, 5.74) is 7.81. The second-order valence-corrected chi connectivity index (χ2v) is 6.92. The molecule has 29 heavy (non-hydrogen) atoms. The number of hydrogen-bond donors (Lipinski definition) is 3. The van der Waals surface area contributed by atoms with Crippen molar-refractivity contribution in [2.24, 2.45) is 0 Å². The van der Waals surface area contributed by atoms with E-state index >= 15 is 0 Å². The number of urea groups is 1. The molecule has 1 aromatic heterocycles. The number of pyridine rings is 1. The number of aromatic hydroxyl groups is 1. The topological polar surface area (TPSA) is 101 Å².